The van der Waals surface area contributed by atoms with Gasteiger partial charge in [0.25, 0.3) is 0 Å². The second kappa shape index (κ2) is 4.34. The molecule has 2 aliphatic heterocycles. The molecule has 0 aliphatic carbocycles. The van der Waals surface area contributed by atoms with Crippen molar-refractivity contribution in [3.8, 4) is 0 Å². The van der Waals surface area contributed by atoms with E-state index in [1.807, 2.05) is 0 Å². The number of hydrogen-bond acceptors (Lipinski definition) is 2. The lowest BCUT2D eigenvalue weighted by atomic mass is 9.87. The Labute approximate surface area is 104 Å². The Hall–Kier alpha value is -1.02. The highest BCUT2D eigenvalue weighted by molar-refractivity contribution is 5.59. The molecule has 2 heteroatoms. The van der Waals surface area contributed by atoms with Crippen molar-refractivity contribution in [1.29, 1.82) is 0 Å². The Morgan fingerprint density at radius 3 is 2.88 bits per heavy atom. The van der Waals surface area contributed by atoms with Crippen LogP contribution in [0.2, 0.25) is 0 Å². The summed E-state index contributed by atoms with van der Waals surface area (Å²) in [6, 6.07) is 6.81. The fourth-order valence-electron chi connectivity index (χ4n) is 2.92. The third-order valence-corrected chi connectivity index (χ3v) is 4.31. The Bertz CT molecular complexity index is 405. The number of anilines is 1. The first-order chi connectivity index (χ1) is 8.25. The molecule has 92 valence electrons. The van der Waals surface area contributed by atoms with Gasteiger partial charge in [0.05, 0.1) is 0 Å². The molecule has 0 bridgehead atoms. The zero-order valence-electron chi connectivity index (χ0n) is 10.9. The van der Waals surface area contributed by atoms with Gasteiger partial charge in [0.2, 0.25) is 0 Å². The normalized spacial score (nSPS) is 20.3. The van der Waals surface area contributed by atoms with Crippen LogP contribution >= 0.6 is 0 Å². The van der Waals surface area contributed by atoms with E-state index in [4.69, 9.17) is 0 Å². The molecule has 1 fully saturated rings. The van der Waals surface area contributed by atoms with E-state index in [9.17, 15) is 0 Å². The quantitative estimate of drug-likeness (QED) is 0.839. The molecule has 17 heavy (non-hydrogen) atoms. The van der Waals surface area contributed by atoms with Crippen molar-refractivity contribution in [2.75, 3.05) is 24.5 Å². The molecular formula is C15H22N2. The van der Waals surface area contributed by atoms with E-state index >= 15 is 0 Å². The standard InChI is InChI=1S/C15H22N2/c1-11(2)13-9-17(10-13)15-5-3-4-12-6-7-16-8-14(12)15/h3-5,11,13,16H,6-10H2,1-2H3. The van der Waals surface area contributed by atoms with Crippen molar-refractivity contribution in [2.24, 2.45) is 11.8 Å². The number of hydrogen-bond donors (Lipinski definition) is 1. The molecule has 2 aliphatic rings. The highest BCUT2D eigenvalue weighted by Gasteiger charge is 2.30. The average Bonchev–Trinajstić information content (AvgIpc) is 2.27. The number of nitrogens with one attached hydrogen (secondary N) is 1. The Balaban J connectivity index is 1.80. The van der Waals surface area contributed by atoms with Gasteiger partial charge in [-0.3, -0.25) is 0 Å². The summed E-state index contributed by atoms with van der Waals surface area (Å²) >= 11 is 0. The molecule has 0 atom stereocenters. The first kappa shape index (κ1) is 11.1. The van der Waals surface area contributed by atoms with Gasteiger partial charge in [-0.05, 0) is 42.0 Å². The second-order valence-electron chi connectivity index (χ2n) is 5.75. The predicted molar refractivity (Wildman–Crippen MR) is 72.4 cm³/mol. The summed E-state index contributed by atoms with van der Waals surface area (Å²) < 4.78 is 0. The minimum Gasteiger partial charge on any atom is -0.371 e. The molecule has 0 spiro atoms. The predicted octanol–water partition coefficient (Wildman–Crippen LogP) is 2.42. The first-order valence-electron chi connectivity index (χ1n) is 6.82. The summed E-state index contributed by atoms with van der Waals surface area (Å²) in [5.74, 6) is 1.71. The molecule has 1 aromatic rings. The lowest BCUT2D eigenvalue weighted by molar-refractivity contribution is 0.309. The van der Waals surface area contributed by atoms with Gasteiger partial charge in [0.1, 0.15) is 0 Å². The maximum atomic E-state index is 3.49. The molecule has 0 aromatic heterocycles. The minimum absolute atomic E-state index is 0.823. The Kier molecular flexibility index (Phi) is 2.83. The minimum atomic E-state index is 0.823. The monoisotopic (exact) mass is 230 g/mol. The summed E-state index contributed by atoms with van der Waals surface area (Å²) in [6.07, 6.45) is 1.19. The summed E-state index contributed by atoms with van der Waals surface area (Å²) in [5, 5.41) is 3.49. The Morgan fingerprint density at radius 1 is 1.29 bits per heavy atom. The van der Waals surface area contributed by atoms with Crippen LogP contribution in [-0.4, -0.2) is 19.6 Å². The summed E-state index contributed by atoms with van der Waals surface area (Å²) in [5.41, 5.74) is 4.57. The second-order valence-corrected chi connectivity index (χ2v) is 5.75. The maximum Gasteiger partial charge on any atom is 0.0414 e. The topological polar surface area (TPSA) is 15.3 Å². The van der Waals surface area contributed by atoms with Gasteiger partial charge in [-0.25, -0.2) is 0 Å². The molecule has 0 amide bonds. The van der Waals surface area contributed by atoms with Crippen LogP contribution < -0.4 is 10.2 Å². The van der Waals surface area contributed by atoms with Gasteiger partial charge in [-0.1, -0.05) is 26.0 Å². The van der Waals surface area contributed by atoms with Gasteiger partial charge in [-0.15, -0.1) is 0 Å². The molecule has 2 nitrogen and oxygen atoms in total. The summed E-state index contributed by atoms with van der Waals surface area (Å²) in [7, 11) is 0. The molecule has 0 unspecified atom stereocenters. The van der Waals surface area contributed by atoms with Crippen LogP contribution in [0.15, 0.2) is 18.2 Å². The van der Waals surface area contributed by atoms with Crippen LogP contribution in [0.1, 0.15) is 25.0 Å². The molecule has 1 saturated heterocycles. The zero-order chi connectivity index (χ0) is 11.8. The van der Waals surface area contributed by atoms with Crippen LogP contribution in [0.5, 0.6) is 0 Å². The van der Waals surface area contributed by atoms with Gasteiger partial charge >= 0.3 is 0 Å². The lowest BCUT2D eigenvalue weighted by Gasteiger charge is -2.44. The van der Waals surface area contributed by atoms with Crippen LogP contribution in [0.25, 0.3) is 0 Å². The van der Waals surface area contributed by atoms with E-state index in [0.717, 1.165) is 24.9 Å². The van der Waals surface area contributed by atoms with E-state index in [1.54, 1.807) is 11.1 Å². The number of fused-ring (bicyclic) bond motifs is 1. The van der Waals surface area contributed by atoms with Gasteiger partial charge < -0.3 is 10.2 Å². The van der Waals surface area contributed by atoms with Crippen molar-refractivity contribution in [2.45, 2.75) is 26.8 Å². The largest absolute Gasteiger partial charge is 0.371 e. The van der Waals surface area contributed by atoms with Crippen LogP contribution in [0.3, 0.4) is 0 Å². The van der Waals surface area contributed by atoms with E-state index in [1.165, 1.54) is 25.2 Å². The summed E-state index contributed by atoms with van der Waals surface area (Å²) in [6.45, 7) is 9.34. The molecule has 1 N–H and O–H groups in total. The van der Waals surface area contributed by atoms with Crippen molar-refractivity contribution >= 4 is 5.69 Å². The van der Waals surface area contributed by atoms with Crippen molar-refractivity contribution in [3.63, 3.8) is 0 Å². The lowest BCUT2D eigenvalue weighted by Crippen LogP contribution is -2.49. The molecule has 3 rings (SSSR count). The SMILES string of the molecule is CC(C)C1CN(c2cccc3c2CNCC3)C1. The maximum absolute atomic E-state index is 3.49. The van der Waals surface area contributed by atoms with Gasteiger partial charge in [0.15, 0.2) is 0 Å². The zero-order valence-corrected chi connectivity index (χ0v) is 10.9. The fourth-order valence-corrected chi connectivity index (χ4v) is 2.92. The molecule has 1 aromatic carbocycles. The van der Waals surface area contributed by atoms with Crippen molar-refractivity contribution in [1.82, 2.24) is 5.32 Å². The smallest absolute Gasteiger partial charge is 0.0414 e. The average molecular weight is 230 g/mol. The molecular weight excluding hydrogens is 208 g/mol. The number of nitrogens with zero attached hydrogens (tertiary/aromatic N) is 1. The van der Waals surface area contributed by atoms with E-state index in [0.29, 0.717) is 0 Å². The third kappa shape index (κ3) is 1.95. The van der Waals surface area contributed by atoms with Crippen LogP contribution in [0, 0.1) is 11.8 Å². The Morgan fingerprint density at radius 2 is 2.12 bits per heavy atom. The molecule has 0 radical (unpaired) electrons. The van der Waals surface area contributed by atoms with Crippen molar-refractivity contribution in [3.05, 3.63) is 29.3 Å². The molecule has 2 heterocycles. The first-order valence-corrected chi connectivity index (χ1v) is 6.82. The molecule has 0 saturated carbocycles. The van der Waals surface area contributed by atoms with Gasteiger partial charge in [-0.2, -0.15) is 0 Å². The highest BCUT2D eigenvalue weighted by Crippen LogP contribution is 2.33. The summed E-state index contributed by atoms with van der Waals surface area (Å²) in [4.78, 5) is 2.55. The van der Waals surface area contributed by atoms with E-state index in [2.05, 4.69) is 42.3 Å². The van der Waals surface area contributed by atoms with Gasteiger partial charge in [0, 0.05) is 25.3 Å². The number of benzene rings is 1. The number of rotatable bonds is 2. The van der Waals surface area contributed by atoms with E-state index in [-0.39, 0.29) is 0 Å². The fraction of sp³-hybridized carbons (Fsp3) is 0.600. The van der Waals surface area contributed by atoms with E-state index < -0.39 is 0 Å². The third-order valence-electron chi connectivity index (χ3n) is 4.31. The van der Waals surface area contributed by atoms with Crippen LogP contribution in [-0.2, 0) is 13.0 Å². The highest BCUT2D eigenvalue weighted by atomic mass is 15.2. The van der Waals surface area contributed by atoms with Crippen LogP contribution in [0.4, 0.5) is 5.69 Å². The van der Waals surface area contributed by atoms with Crippen molar-refractivity contribution < 1.29 is 0 Å².